The van der Waals surface area contributed by atoms with Crippen molar-refractivity contribution in [1.29, 1.82) is 0 Å². The summed E-state index contributed by atoms with van der Waals surface area (Å²) in [5.41, 5.74) is 2.39. The van der Waals surface area contributed by atoms with Gasteiger partial charge in [-0.05, 0) is 43.4 Å². The molecule has 2 aromatic heterocycles. The van der Waals surface area contributed by atoms with Gasteiger partial charge in [0.05, 0.1) is 12.2 Å². The van der Waals surface area contributed by atoms with Crippen LogP contribution in [0.5, 0.6) is 0 Å². The number of halogens is 2. The van der Waals surface area contributed by atoms with Crippen molar-refractivity contribution >= 4 is 11.7 Å². The number of aryl methyl sites for hydroxylation is 1. The Hall–Kier alpha value is -3.42. The predicted molar refractivity (Wildman–Crippen MR) is 118 cm³/mol. The number of rotatable bonds is 5. The first-order valence-electron chi connectivity index (χ1n) is 10.7. The summed E-state index contributed by atoms with van der Waals surface area (Å²) in [4.78, 5) is 27.6. The van der Waals surface area contributed by atoms with Crippen molar-refractivity contribution in [3.05, 3.63) is 71.7 Å². The maximum Gasteiger partial charge on any atom is 0.254 e. The van der Waals surface area contributed by atoms with E-state index in [1.165, 1.54) is 0 Å². The van der Waals surface area contributed by atoms with Crippen molar-refractivity contribution in [3.63, 3.8) is 0 Å². The summed E-state index contributed by atoms with van der Waals surface area (Å²) in [7, 11) is 0. The molecule has 0 bridgehead atoms. The van der Waals surface area contributed by atoms with E-state index < -0.39 is 11.6 Å². The van der Waals surface area contributed by atoms with Gasteiger partial charge in [0, 0.05) is 42.7 Å². The molecule has 1 aliphatic heterocycles. The summed E-state index contributed by atoms with van der Waals surface area (Å²) < 4.78 is 27.1. The van der Waals surface area contributed by atoms with Crippen LogP contribution in [0.4, 0.5) is 14.6 Å². The number of carbonyl (C=O) groups excluding carboxylic acids is 1. The van der Waals surface area contributed by atoms with E-state index in [2.05, 4.69) is 27.2 Å². The van der Waals surface area contributed by atoms with E-state index in [4.69, 9.17) is 0 Å². The van der Waals surface area contributed by atoms with E-state index in [9.17, 15) is 13.6 Å². The van der Waals surface area contributed by atoms with E-state index in [-0.39, 0.29) is 23.7 Å². The van der Waals surface area contributed by atoms with E-state index in [1.54, 1.807) is 24.5 Å². The van der Waals surface area contributed by atoms with Crippen molar-refractivity contribution in [2.24, 2.45) is 5.92 Å². The quantitative estimate of drug-likeness (QED) is 0.637. The van der Waals surface area contributed by atoms with Crippen LogP contribution in [0, 0.1) is 24.5 Å². The second-order valence-corrected chi connectivity index (χ2v) is 8.21. The summed E-state index contributed by atoms with van der Waals surface area (Å²) in [6.07, 6.45) is 6.36. The number of nitrogens with zero attached hydrogens (tertiary/aromatic N) is 4. The molecule has 0 aliphatic carbocycles. The van der Waals surface area contributed by atoms with E-state index in [0.717, 1.165) is 36.2 Å². The van der Waals surface area contributed by atoms with Crippen LogP contribution >= 0.6 is 0 Å². The molecule has 1 aliphatic rings. The second kappa shape index (κ2) is 9.38. The number of likely N-dealkylation sites (tertiary alicyclic amines) is 1. The highest BCUT2D eigenvalue weighted by atomic mass is 19.1. The second-order valence-electron chi connectivity index (χ2n) is 8.21. The van der Waals surface area contributed by atoms with Crippen molar-refractivity contribution in [2.75, 3.05) is 18.4 Å². The number of aromatic nitrogens is 3. The van der Waals surface area contributed by atoms with Gasteiger partial charge in [0.15, 0.2) is 17.5 Å². The number of anilines is 1. The maximum atomic E-state index is 14.0. The van der Waals surface area contributed by atoms with E-state index in [0.29, 0.717) is 24.5 Å². The molecule has 1 amide bonds. The standard InChI is InChI=1S/C24H25F2N5O/c1-15-11-27-22(28-12-15)17-5-7-18(8-6-17)24(32)31-9-3-4-16(2)21(31)14-30-23-20(26)10-19(25)13-29-23/h5-8,10-13,16,21H,3-4,9,14H2,1-2H3,(H,29,30)/t16-,21-/m1/s1. The fourth-order valence-electron chi connectivity index (χ4n) is 4.03. The molecule has 1 N–H and O–H groups in total. The Balaban J connectivity index is 1.49. The summed E-state index contributed by atoms with van der Waals surface area (Å²) >= 11 is 0. The van der Waals surface area contributed by atoms with Gasteiger partial charge in [-0.1, -0.05) is 19.1 Å². The first kappa shape index (κ1) is 21.8. The molecule has 166 valence electrons. The zero-order valence-electron chi connectivity index (χ0n) is 18.1. The van der Waals surface area contributed by atoms with Crippen LogP contribution in [0.25, 0.3) is 11.4 Å². The molecule has 1 saturated heterocycles. The van der Waals surface area contributed by atoms with Crippen LogP contribution in [-0.2, 0) is 0 Å². The van der Waals surface area contributed by atoms with Crippen LogP contribution < -0.4 is 5.32 Å². The van der Waals surface area contributed by atoms with Crippen LogP contribution in [0.1, 0.15) is 35.7 Å². The summed E-state index contributed by atoms with van der Waals surface area (Å²) in [5.74, 6) is -0.733. The molecule has 0 unspecified atom stereocenters. The fourth-order valence-corrected chi connectivity index (χ4v) is 4.03. The number of nitrogens with one attached hydrogen (secondary N) is 1. The minimum Gasteiger partial charge on any atom is -0.366 e. The third-order valence-corrected chi connectivity index (χ3v) is 5.83. The molecule has 0 spiro atoms. The number of amides is 1. The van der Waals surface area contributed by atoms with E-state index >= 15 is 0 Å². The Bertz CT molecular complexity index is 1090. The number of pyridine rings is 1. The largest absolute Gasteiger partial charge is 0.366 e. The lowest BCUT2D eigenvalue weighted by molar-refractivity contribution is 0.0540. The van der Waals surface area contributed by atoms with Gasteiger partial charge >= 0.3 is 0 Å². The molecular formula is C24H25F2N5O. The van der Waals surface area contributed by atoms with Crippen LogP contribution in [0.15, 0.2) is 48.9 Å². The Morgan fingerprint density at radius 3 is 2.53 bits per heavy atom. The molecule has 1 aromatic carbocycles. The Labute approximate surface area is 185 Å². The molecule has 32 heavy (non-hydrogen) atoms. The minimum atomic E-state index is -0.750. The Morgan fingerprint density at radius 2 is 1.84 bits per heavy atom. The summed E-state index contributed by atoms with van der Waals surface area (Å²) in [6.45, 7) is 4.96. The first-order chi connectivity index (χ1) is 15.4. The zero-order valence-corrected chi connectivity index (χ0v) is 18.1. The van der Waals surface area contributed by atoms with Crippen LogP contribution in [0.3, 0.4) is 0 Å². The van der Waals surface area contributed by atoms with Gasteiger partial charge in [0.25, 0.3) is 5.91 Å². The van der Waals surface area contributed by atoms with Crippen molar-refractivity contribution in [3.8, 4) is 11.4 Å². The number of hydrogen-bond donors (Lipinski definition) is 1. The minimum absolute atomic E-state index is 0.0148. The lowest BCUT2D eigenvalue weighted by Crippen LogP contribution is -2.51. The van der Waals surface area contributed by atoms with Gasteiger partial charge < -0.3 is 10.2 Å². The SMILES string of the molecule is Cc1cnc(-c2ccc(C(=O)N3CCC[C@@H](C)[C@H]3CNc3ncc(F)cc3F)cc2)nc1. The number of benzene rings is 1. The Morgan fingerprint density at radius 1 is 1.12 bits per heavy atom. The van der Waals surface area contributed by atoms with Gasteiger partial charge in [-0.2, -0.15) is 0 Å². The predicted octanol–water partition coefficient (Wildman–Crippen LogP) is 4.48. The van der Waals surface area contributed by atoms with Crippen molar-refractivity contribution in [1.82, 2.24) is 19.9 Å². The van der Waals surface area contributed by atoms with E-state index in [1.807, 2.05) is 24.0 Å². The molecule has 2 atom stereocenters. The average molecular weight is 437 g/mol. The van der Waals surface area contributed by atoms with Crippen molar-refractivity contribution in [2.45, 2.75) is 32.7 Å². The fraction of sp³-hybridized carbons (Fsp3) is 0.333. The molecule has 0 saturated carbocycles. The van der Waals surface area contributed by atoms with Gasteiger partial charge in [-0.15, -0.1) is 0 Å². The van der Waals surface area contributed by atoms with Gasteiger partial charge in [0.1, 0.15) is 5.82 Å². The lowest BCUT2D eigenvalue weighted by atomic mass is 9.90. The zero-order chi connectivity index (χ0) is 22.7. The Kier molecular flexibility index (Phi) is 6.39. The highest BCUT2D eigenvalue weighted by molar-refractivity contribution is 5.95. The number of carbonyl (C=O) groups is 1. The third kappa shape index (κ3) is 4.74. The average Bonchev–Trinajstić information content (AvgIpc) is 2.79. The number of piperidine rings is 1. The smallest absolute Gasteiger partial charge is 0.254 e. The monoisotopic (exact) mass is 437 g/mol. The summed E-state index contributed by atoms with van der Waals surface area (Å²) in [5, 5.41) is 2.95. The summed E-state index contributed by atoms with van der Waals surface area (Å²) in [6, 6.07) is 7.91. The molecule has 1 fully saturated rings. The molecular weight excluding hydrogens is 412 g/mol. The third-order valence-electron chi connectivity index (χ3n) is 5.83. The normalized spacial score (nSPS) is 18.4. The topological polar surface area (TPSA) is 71.0 Å². The van der Waals surface area contributed by atoms with Crippen LogP contribution in [0.2, 0.25) is 0 Å². The highest BCUT2D eigenvalue weighted by Gasteiger charge is 2.32. The molecule has 8 heteroatoms. The lowest BCUT2D eigenvalue weighted by Gasteiger charge is -2.40. The van der Waals surface area contributed by atoms with Gasteiger partial charge in [-0.3, -0.25) is 4.79 Å². The van der Waals surface area contributed by atoms with Crippen LogP contribution in [-0.4, -0.2) is 44.9 Å². The molecule has 4 rings (SSSR count). The molecule has 0 radical (unpaired) electrons. The van der Waals surface area contributed by atoms with Crippen molar-refractivity contribution < 1.29 is 13.6 Å². The molecule has 6 nitrogen and oxygen atoms in total. The number of hydrogen-bond acceptors (Lipinski definition) is 5. The maximum absolute atomic E-state index is 14.0. The van der Waals surface area contributed by atoms with Gasteiger partial charge in [0.2, 0.25) is 0 Å². The first-order valence-corrected chi connectivity index (χ1v) is 10.7. The molecule has 3 heterocycles. The molecule has 3 aromatic rings. The van der Waals surface area contributed by atoms with Gasteiger partial charge in [-0.25, -0.2) is 23.7 Å². The highest BCUT2D eigenvalue weighted by Crippen LogP contribution is 2.26.